The zero-order chi connectivity index (χ0) is 18.3. The van der Waals surface area contributed by atoms with Gasteiger partial charge < -0.3 is 9.88 Å². The second kappa shape index (κ2) is 9.07. The number of hydrogen-bond acceptors (Lipinski definition) is 5. The van der Waals surface area contributed by atoms with Crippen LogP contribution in [0.4, 0.5) is 0 Å². The fourth-order valence-corrected chi connectivity index (χ4v) is 3.43. The highest BCUT2D eigenvalue weighted by atomic mass is 79.9. The molecule has 10 heteroatoms. The summed E-state index contributed by atoms with van der Waals surface area (Å²) < 4.78 is 29.3. The number of aryl methyl sites for hydroxylation is 1. The lowest BCUT2D eigenvalue weighted by atomic mass is 10.3. The molecule has 0 saturated heterocycles. The second-order valence-electron chi connectivity index (χ2n) is 5.23. The number of hydrogen-bond donors (Lipinski definition) is 2. The third-order valence-electron chi connectivity index (χ3n) is 3.48. The monoisotopic (exact) mass is 429 g/mol. The largest absolute Gasteiger partial charge is 0.356 e. The molecule has 0 bridgehead atoms. The van der Waals surface area contributed by atoms with E-state index in [9.17, 15) is 13.2 Å². The van der Waals surface area contributed by atoms with Crippen molar-refractivity contribution in [2.75, 3.05) is 13.1 Å². The Labute approximate surface area is 155 Å². The number of aromatic nitrogens is 3. The van der Waals surface area contributed by atoms with Crippen LogP contribution in [0, 0.1) is 0 Å². The molecule has 1 heterocycles. The molecule has 8 nitrogen and oxygen atoms in total. The first-order valence-corrected chi connectivity index (χ1v) is 10.1. The van der Waals surface area contributed by atoms with E-state index in [1.165, 1.54) is 12.1 Å². The maximum absolute atomic E-state index is 12.1. The minimum Gasteiger partial charge on any atom is -0.356 e. The van der Waals surface area contributed by atoms with Crippen LogP contribution >= 0.6 is 15.9 Å². The molecule has 2 rings (SSSR count). The molecule has 0 saturated carbocycles. The quantitative estimate of drug-likeness (QED) is 0.620. The van der Waals surface area contributed by atoms with Gasteiger partial charge in [0, 0.05) is 36.9 Å². The van der Waals surface area contributed by atoms with Gasteiger partial charge in [-0.2, -0.15) is 0 Å². The van der Waals surface area contributed by atoms with Crippen LogP contribution in [-0.4, -0.2) is 42.2 Å². The predicted molar refractivity (Wildman–Crippen MR) is 96.4 cm³/mol. The van der Waals surface area contributed by atoms with E-state index in [0.717, 1.165) is 16.8 Å². The van der Waals surface area contributed by atoms with E-state index in [-0.39, 0.29) is 23.8 Å². The van der Waals surface area contributed by atoms with Crippen LogP contribution < -0.4 is 10.0 Å². The van der Waals surface area contributed by atoms with Gasteiger partial charge >= 0.3 is 0 Å². The van der Waals surface area contributed by atoms with Crippen molar-refractivity contribution in [3.05, 3.63) is 40.9 Å². The van der Waals surface area contributed by atoms with Crippen molar-refractivity contribution in [2.24, 2.45) is 0 Å². The molecule has 0 aliphatic heterocycles. The number of carbonyl (C=O) groups excluding carboxylic acids is 1. The SMILES string of the molecule is CCn1cnnc1CCNC(=O)CCNS(=O)(=O)c1ccc(Br)cc1. The van der Waals surface area contributed by atoms with Crippen LogP contribution in [0.15, 0.2) is 40.0 Å². The van der Waals surface area contributed by atoms with E-state index in [1.807, 2.05) is 11.5 Å². The number of carbonyl (C=O) groups is 1. The number of sulfonamides is 1. The van der Waals surface area contributed by atoms with Crippen LogP contribution in [0.25, 0.3) is 0 Å². The molecule has 0 atom stereocenters. The molecule has 0 spiro atoms. The highest BCUT2D eigenvalue weighted by Crippen LogP contribution is 2.14. The van der Waals surface area contributed by atoms with Crippen molar-refractivity contribution < 1.29 is 13.2 Å². The molecule has 2 N–H and O–H groups in total. The first kappa shape index (κ1) is 19.5. The zero-order valence-corrected chi connectivity index (χ0v) is 16.2. The molecule has 25 heavy (non-hydrogen) atoms. The molecule has 0 aliphatic rings. The first-order valence-electron chi connectivity index (χ1n) is 7.81. The van der Waals surface area contributed by atoms with Crippen LogP contribution in [-0.2, 0) is 27.8 Å². The van der Waals surface area contributed by atoms with Crippen molar-refractivity contribution in [1.29, 1.82) is 0 Å². The van der Waals surface area contributed by atoms with Crippen molar-refractivity contribution >= 4 is 31.9 Å². The van der Waals surface area contributed by atoms with Crippen molar-refractivity contribution in [3.8, 4) is 0 Å². The summed E-state index contributed by atoms with van der Waals surface area (Å²) in [5.74, 6) is 0.583. The Morgan fingerprint density at radius 1 is 1.24 bits per heavy atom. The van der Waals surface area contributed by atoms with Gasteiger partial charge in [-0.05, 0) is 31.2 Å². The third kappa shape index (κ3) is 5.91. The van der Waals surface area contributed by atoms with Crippen molar-refractivity contribution in [2.45, 2.75) is 31.2 Å². The lowest BCUT2D eigenvalue weighted by molar-refractivity contribution is -0.120. The standard InChI is InChI=1S/C15H20BrN5O3S/c1-2-21-11-18-20-14(21)7-9-17-15(22)8-10-19-25(23,24)13-5-3-12(16)4-6-13/h3-6,11,19H,2,7-10H2,1H3,(H,17,22). The summed E-state index contributed by atoms with van der Waals surface area (Å²) in [5, 5.41) is 10.6. The van der Waals surface area contributed by atoms with E-state index in [4.69, 9.17) is 0 Å². The van der Waals surface area contributed by atoms with Gasteiger partial charge in [-0.15, -0.1) is 10.2 Å². The van der Waals surface area contributed by atoms with Gasteiger partial charge in [0.15, 0.2) is 0 Å². The maximum atomic E-state index is 12.1. The van der Waals surface area contributed by atoms with Crippen LogP contribution in [0.2, 0.25) is 0 Å². The number of halogens is 1. The zero-order valence-electron chi connectivity index (χ0n) is 13.8. The van der Waals surface area contributed by atoms with E-state index in [2.05, 4.69) is 36.2 Å². The predicted octanol–water partition coefficient (Wildman–Crippen LogP) is 1.09. The lowest BCUT2D eigenvalue weighted by Crippen LogP contribution is -2.32. The summed E-state index contributed by atoms with van der Waals surface area (Å²) >= 11 is 3.25. The molecule has 0 fully saturated rings. The van der Waals surface area contributed by atoms with Crippen LogP contribution in [0.5, 0.6) is 0 Å². The maximum Gasteiger partial charge on any atom is 0.240 e. The number of amides is 1. The smallest absolute Gasteiger partial charge is 0.240 e. The van der Waals surface area contributed by atoms with E-state index >= 15 is 0 Å². The number of nitrogens with zero attached hydrogens (tertiary/aromatic N) is 3. The Bertz CT molecular complexity index is 805. The molecule has 0 radical (unpaired) electrons. The van der Waals surface area contributed by atoms with E-state index in [0.29, 0.717) is 13.0 Å². The average molecular weight is 430 g/mol. The summed E-state index contributed by atoms with van der Waals surface area (Å²) in [6.07, 6.45) is 2.29. The molecule has 1 amide bonds. The fourth-order valence-electron chi connectivity index (χ4n) is 2.13. The number of rotatable bonds is 9. The molecule has 1 aromatic carbocycles. The summed E-state index contributed by atoms with van der Waals surface area (Å²) in [7, 11) is -3.61. The summed E-state index contributed by atoms with van der Waals surface area (Å²) in [6, 6.07) is 6.29. The van der Waals surface area contributed by atoms with Crippen LogP contribution in [0.1, 0.15) is 19.2 Å². The first-order chi connectivity index (χ1) is 11.9. The Hall–Kier alpha value is -1.78. The molecule has 1 aromatic heterocycles. The van der Waals surface area contributed by atoms with Gasteiger partial charge in [0.25, 0.3) is 0 Å². The van der Waals surface area contributed by atoms with E-state index in [1.54, 1.807) is 18.5 Å². The normalized spacial score (nSPS) is 11.4. The molecule has 0 aliphatic carbocycles. The minimum atomic E-state index is -3.61. The van der Waals surface area contributed by atoms with Gasteiger partial charge in [0.2, 0.25) is 15.9 Å². The number of benzene rings is 1. The van der Waals surface area contributed by atoms with E-state index < -0.39 is 10.0 Å². The lowest BCUT2D eigenvalue weighted by Gasteiger charge is -2.08. The third-order valence-corrected chi connectivity index (χ3v) is 5.48. The molecule has 0 unspecified atom stereocenters. The highest BCUT2D eigenvalue weighted by Gasteiger charge is 2.14. The fraction of sp³-hybridized carbons (Fsp3) is 0.400. The summed E-state index contributed by atoms with van der Waals surface area (Å²) in [4.78, 5) is 12.0. The number of nitrogens with one attached hydrogen (secondary N) is 2. The molecule has 136 valence electrons. The Balaban J connectivity index is 1.72. The Morgan fingerprint density at radius 3 is 2.64 bits per heavy atom. The van der Waals surface area contributed by atoms with Crippen molar-refractivity contribution in [1.82, 2.24) is 24.8 Å². The van der Waals surface area contributed by atoms with Gasteiger partial charge in [0.1, 0.15) is 12.2 Å². The van der Waals surface area contributed by atoms with Gasteiger partial charge in [-0.1, -0.05) is 15.9 Å². The summed E-state index contributed by atoms with van der Waals surface area (Å²) in [5.41, 5.74) is 0. The Kier molecular flexibility index (Phi) is 7.09. The topological polar surface area (TPSA) is 106 Å². The molecule has 2 aromatic rings. The van der Waals surface area contributed by atoms with Crippen LogP contribution in [0.3, 0.4) is 0 Å². The van der Waals surface area contributed by atoms with Crippen molar-refractivity contribution in [3.63, 3.8) is 0 Å². The van der Waals surface area contributed by atoms with Gasteiger partial charge in [-0.3, -0.25) is 4.79 Å². The van der Waals surface area contributed by atoms with Gasteiger partial charge in [0.05, 0.1) is 4.90 Å². The second-order valence-corrected chi connectivity index (χ2v) is 7.92. The molecular formula is C15H20BrN5O3S. The highest BCUT2D eigenvalue weighted by molar-refractivity contribution is 9.10. The Morgan fingerprint density at radius 2 is 1.96 bits per heavy atom. The molecular weight excluding hydrogens is 410 g/mol. The minimum absolute atomic E-state index is 0.0371. The average Bonchev–Trinajstić information content (AvgIpc) is 3.02. The summed E-state index contributed by atoms with van der Waals surface area (Å²) in [6.45, 7) is 3.23. The van der Waals surface area contributed by atoms with Gasteiger partial charge in [-0.25, -0.2) is 13.1 Å².